The number of hydrogen-bond donors (Lipinski definition) is 2. The van der Waals surface area contributed by atoms with Crippen molar-refractivity contribution in [1.29, 1.82) is 0 Å². The lowest BCUT2D eigenvalue weighted by Crippen LogP contribution is -2.00. The van der Waals surface area contributed by atoms with E-state index in [4.69, 9.17) is 10.2 Å². The molecule has 0 atom stereocenters. The molecule has 4 nitrogen and oxygen atoms in total. The second kappa shape index (κ2) is 5.04. The van der Waals surface area contributed by atoms with Gasteiger partial charge in [-0.1, -0.05) is 12.1 Å². The normalized spacial score (nSPS) is 10.4. The molecule has 1 aromatic rings. The number of phenols is 1. The standard InChI is InChI=1S/C10H10O4/c11-7-14-10(13)6-3-8-1-4-9(12)5-2-8/h1-6,11-12H,7H2/b6-3+. The Labute approximate surface area is 81.1 Å². The van der Waals surface area contributed by atoms with E-state index in [-0.39, 0.29) is 5.75 Å². The van der Waals surface area contributed by atoms with Crippen LogP contribution in [0.4, 0.5) is 0 Å². The van der Waals surface area contributed by atoms with Gasteiger partial charge in [0, 0.05) is 6.08 Å². The summed E-state index contributed by atoms with van der Waals surface area (Å²) in [5, 5.41) is 17.2. The lowest BCUT2D eigenvalue weighted by molar-refractivity contribution is -0.145. The maximum atomic E-state index is 10.8. The molecule has 2 N–H and O–H groups in total. The summed E-state index contributed by atoms with van der Waals surface area (Å²) in [5.74, 6) is -0.444. The molecule has 0 heterocycles. The Hall–Kier alpha value is -1.81. The molecular weight excluding hydrogens is 184 g/mol. The summed E-state index contributed by atoms with van der Waals surface area (Å²) in [6.45, 7) is -0.626. The number of ether oxygens (including phenoxy) is 1. The molecule has 0 unspecified atom stereocenters. The van der Waals surface area contributed by atoms with Gasteiger partial charge in [-0.2, -0.15) is 0 Å². The Kier molecular flexibility index (Phi) is 3.69. The van der Waals surface area contributed by atoms with Crippen LogP contribution in [0.2, 0.25) is 0 Å². The van der Waals surface area contributed by atoms with Crippen molar-refractivity contribution in [3.63, 3.8) is 0 Å². The van der Waals surface area contributed by atoms with E-state index < -0.39 is 12.8 Å². The van der Waals surface area contributed by atoms with Gasteiger partial charge in [0.25, 0.3) is 0 Å². The summed E-state index contributed by atoms with van der Waals surface area (Å²) in [5.41, 5.74) is 0.762. The van der Waals surface area contributed by atoms with Crippen molar-refractivity contribution >= 4 is 12.0 Å². The van der Waals surface area contributed by atoms with Gasteiger partial charge in [-0.05, 0) is 23.8 Å². The van der Waals surface area contributed by atoms with Crippen LogP contribution >= 0.6 is 0 Å². The van der Waals surface area contributed by atoms with Crippen molar-refractivity contribution < 1.29 is 19.7 Å². The minimum absolute atomic E-state index is 0.167. The molecule has 0 radical (unpaired) electrons. The fourth-order valence-electron chi connectivity index (χ4n) is 0.861. The number of aliphatic hydroxyl groups excluding tert-OH is 1. The van der Waals surface area contributed by atoms with E-state index in [1.807, 2.05) is 0 Å². The molecule has 0 aliphatic carbocycles. The van der Waals surface area contributed by atoms with Gasteiger partial charge in [-0.3, -0.25) is 0 Å². The lowest BCUT2D eigenvalue weighted by atomic mass is 10.2. The zero-order valence-electron chi connectivity index (χ0n) is 7.38. The first-order chi connectivity index (χ1) is 6.72. The monoisotopic (exact) mass is 194 g/mol. The Morgan fingerprint density at radius 2 is 2.00 bits per heavy atom. The van der Waals surface area contributed by atoms with Gasteiger partial charge in [0.1, 0.15) is 5.75 Å². The molecule has 4 heteroatoms. The van der Waals surface area contributed by atoms with Gasteiger partial charge >= 0.3 is 5.97 Å². The lowest BCUT2D eigenvalue weighted by Gasteiger charge is -1.95. The summed E-state index contributed by atoms with van der Waals surface area (Å²) in [6, 6.07) is 6.32. The Morgan fingerprint density at radius 1 is 1.36 bits per heavy atom. The number of esters is 1. The molecule has 0 amide bonds. The van der Waals surface area contributed by atoms with Gasteiger partial charge < -0.3 is 14.9 Å². The van der Waals surface area contributed by atoms with Crippen LogP contribution in [0.15, 0.2) is 30.3 Å². The Morgan fingerprint density at radius 3 is 2.57 bits per heavy atom. The molecule has 0 aromatic heterocycles. The van der Waals surface area contributed by atoms with Crippen molar-refractivity contribution in [3.8, 4) is 5.75 Å². The Bertz CT molecular complexity index is 326. The smallest absolute Gasteiger partial charge is 0.332 e. The van der Waals surface area contributed by atoms with Crippen LogP contribution in [0.25, 0.3) is 6.08 Å². The van der Waals surface area contributed by atoms with E-state index in [2.05, 4.69) is 4.74 Å². The topological polar surface area (TPSA) is 66.8 Å². The predicted molar refractivity (Wildman–Crippen MR) is 50.3 cm³/mol. The van der Waals surface area contributed by atoms with Crippen molar-refractivity contribution in [1.82, 2.24) is 0 Å². The highest BCUT2D eigenvalue weighted by molar-refractivity contribution is 5.86. The number of rotatable bonds is 3. The highest BCUT2D eigenvalue weighted by Gasteiger charge is 1.94. The number of carbonyl (C=O) groups excluding carboxylic acids is 1. The maximum Gasteiger partial charge on any atom is 0.332 e. The SMILES string of the molecule is O=C(/C=C/c1ccc(O)cc1)OCO. The number of hydrogen-bond acceptors (Lipinski definition) is 4. The molecule has 0 aliphatic rings. The molecule has 1 aromatic carbocycles. The van der Waals surface area contributed by atoms with E-state index in [1.165, 1.54) is 24.3 Å². The average Bonchev–Trinajstić information content (AvgIpc) is 2.17. The number of aliphatic hydroxyl groups is 1. The first-order valence-corrected chi connectivity index (χ1v) is 3.97. The Balaban J connectivity index is 2.60. The maximum absolute atomic E-state index is 10.8. The molecule has 0 bridgehead atoms. The molecule has 0 saturated heterocycles. The number of carbonyl (C=O) groups is 1. The summed E-state index contributed by atoms with van der Waals surface area (Å²) in [6.07, 6.45) is 2.72. The fraction of sp³-hybridized carbons (Fsp3) is 0.100. The summed E-state index contributed by atoms with van der Waals surface area (Å²) < 4.78 is 4.27. The van der Waals surface area contributed by atoms with Crippen LogP contribution < -0.4 is 0 Å². The third-order valence-electron chi connectivity index (χ3n) is 1.51. The summed E-state index contributed by atoms with van der Waals surface area (Å²) in [4.78, 5) is 10.8. The minimum atomic E-state index is -0.626. The second-order valence-corrected chi connectivity index (χ2v) is 2.52. The van der Waals surface area contributed by atoms with Crippen LogP contribution in [0.5, 0.6) is 5.75 Å². The van der Waals surface area contributed by atoms with Crippen LogP contribution in [0.1, 0.15) is 5.56 Å². The van der Waals surface area contributed by atoms with E-state index >= 15 is 0 Å². The van der Waals surface area contributed by atoms with Gasteiger partial charge in [0.05, 0.1) is 0 Å². The molecule has 0 saturated carbocycles. The van der Waals surface area contributed by atoms with E-state index in [1.54, 1.807) is 12.1 Å². The number of aromatic hydroxyl groups is 1. The summed E-state index contributed by atoms with van der Waals surface area (Å²) in [7, 11) is 0. The van der Waals surface area contributed by atoms with Crippen molar-refractivity contribution in [2.75, 3.05) is 6.79 Å². The molecule has 0 spiro atoms. The fourth-order valence-corrected chi connectivity index (χ4v) is 0.861. The van der Waals surface area contributed by atoms with Crippen molar-refractivity contribution in [2.24, 2.45) is 0 Å². The minimum Gasteiger partial charge on any atom is -0.508 e. The van der Waals surface area contributed by atoms with Gasteiger partial charge in [-0.15, -0.1) is 0 Å². The van der Waals surface area contributed by atoms with E-state index in [9.17, 15) is 4.79 Å². The molecule has 0 aliphatic heterocycles. The molecule has 14 heavy (non-hydrogen) atoms. The molecular formula is C10H10O4. The quantitative estimate of drug-likeness (QED) is 0.426. The first-order valence-electron chi connectivity index (χ1n) is 3.97. The predicted octanol–water partition coefficient (Wildman–Crippen LogP) is 0.898. The van der Waals surface area contributed by atoms with Crippen molar-refractivity contribution in [2.45, 2.75) is 0 Å². The number of phenolic OH excluding ortho intramolecular Hbond substituents is 1. The highest BCUT2D eigenvalue weighted by Crippen LogP contribution is 2.10. The third kappa shape index (κ3) is 3.28. The first kappa shape index (κ1) is 10.3. The van der Waals surface area contributed by atoms with Gasteiger partial charge in [0.15, 0.2) is 6.79 Å². The van der Waals surface area contributed by atoms with Gasteiger partial charge in [-0.25, -0.2) is 4.79 Å². The molecule has 0 fully saturated rings. The van der Waals surface area contributed by atoms with Crippen LogP contribution in [-0.4, -0.2) is 23.0 Å². The van der Waals surface area contributed by atoms with Crippen LogP contribution in [-0.2, 0) is 9.53 Å². The van der Waals surface area contributed by atoms with Crippen LogP contribution in [0.3, 0.4) is 0 Å². The second-order valence-electron chi connectivity index (χ2n) is 2.52. The molecule has 74 valence electrons. The van der Waals surface area contributed by atoms with Crippen LogP contribution in [0, 0.1) is 0 Å². The van der Waals surface area contributed by atoms with Crippen molar-refractivity contribution in [3.05, 3.63) is 35.9 Å². The average molecular weight is 194 g/mol. The van der Waals surface area contributed by atoms with E-state index in [0.717, 1.165) is 5.56 Å². The molecule has 1 rings (SSSR count). The number of benzene rings is 1. The van der Waals surface area contributed by atoms with Gasteiger partial charge in [0.2, 0.25) is 0 Å². The largest absolute Gasteiger partial charge is 0.508 e. The van der Waals surface area contributed by atoms with E-state index in [0.29, 0.717) is 0 Å². The third-order valence-corrected chi connectivity index (χ3v) is 1.51. The highest BCUT2D eigenvalue weighted by atomic mass is 16.6. The zero-order valence-corrected chi connectivity index (χ0v) is 7.38. The zero-order chi connectivity index (χ0) is 10.4. The summed E-state index contributed by atoms with van der Waals surface area (Å²) >= 11 is 0.